The van der Waals surface area contributed by atoms with Gasteiger partial charge in [0, 0.05) is 41.4 Å². The molecule has 33 heavy (non-hydrogen) atoms. The van der Waals surface area contributed by atoms with E-state index in [1.165, 1.54) is 16.7 Å². The van der Waals surface area contributed by atoms with Crippen LogP contribution in [0.15, 0.2) is 16.8 Å². The minimum absolute atomic E-state index is 0.0520. The molecule has 14 heteroatoms. The summed E-state index contributed by atoms with van der Waals surface area (Å²) in [5.74, 6) is -1.84. The largest absolute Gasteiger partial charge is 0.477 e. The zero-order chi connectivity index (χ0) is 24.1. The van der Waals surface area contributed by atoms with Crippen molar-refractivity contribution in [2.75, 3.05) is 13.1 Å². The van der Waals surface area contributed by atoms with Gasteiger partial charge in [0.1, 0.15) is 5.70 Å². The number of thioether (sulfide) groups is 1. The first-order chi connectivity index (χ1) is 15.5. The Bertz CT molecular complexity index is 1090. The van der Waals surface area contributed by atoms with E-state index < -0.39 is 16.2 Å². The number of nitrogens with two attached hydrogens (primary N) is 1. The summed E-state index contributed by atoms with van der Waals surface area (Å²) < 4.78 is 26.3. The normalized spacial score (nSPS) is 30.5. The Kier molecular flexibility index (Phi) is 6.57. The quantitative estimate of drug-likeness (QED) is 0.325. The van der Waals surface area contributed by atoms with Crippen LogP contribution in [-0.2, 0) is 26.2 Å². The van der Waals surface area contributed by atoms with Gasteiger partial charge in [0.25, 0.3) is 10.2 Å². The first-order valence-corrected chi connectivity index (χ1v) is 13.3. The number of carboxylic acids is 1. The van der Waals surface area contributed by atoms with Gasteiger partial charge in [-0.1, -0.05) is 19.1 Å². The Morgan fingerprint density at radius 2 is 2.21 bits per heavy atom. The monoisotopic (exact) mass is 499 g/mol. The zero-order valence-corrected chi connectivity index (χ0v) is 20.3. The van der Waals surface area contributed by atoms with Crippen LogP contribution in [0.2, 0.25) is 0 Å². The summed E-state index contributed by atoms with van der Waals surface area (Å²) in [5.41, 5.74) is 0.899. The number of β-lactam (4-membered cyclic amide) rings is 1. The fourth-order valence-electron chi connectivity index (χ4n) is 4.94. The molecule has 3 aliphatic heterocycles. The molecule has 0 aliphatic carbocycles. The van der Waals surface area contributed by atoms with E-state index in [4.69, 9.17) is 5.14 Å². The molecule has 182 valence electrons. The zero-order valence-electron chi connectivity index (χ0n) is 18.6. The van der Waals surface area contributed by atoms with Gasteiger partial charge in [-0.25, -0.2) is 19.3 Å². The van der Waals surface area contributed by atoms with Gasteiger partial charge in [-0.15, -0.1) is 16.9 Å². The van der Waals surface area contributed by atoms with Crippen molar-refractivity contribution in [2.45, 2.75) is 57.0 Å². The summed E-state index contributed by atoms with van der Waals surface area (Å²) in [7, 11) is -3.77. The number of carbonyl (C=O) groups excluding carboxylic acids is 1. The lowest BCUT2D eigenvalue weighted by atomic mass is 9.78. The highest BCUT2D eigenvalue weighted by Crippen LogP contribution is 2.53. The highest BCUT2D eigenvalue weighted by atomic mass is 32.2. The number of hydrogen-bond donors (Lipinski definition) is 4. The van der Waals surface area contributed by atoms with E-state index in [1.807, 2.05) is 27.0 Å². The Labute approximate surface area is 196 Å². The molecule has 0 bridgehead atoms. The molecular weight excluding hydrogens is 470 g/mol. The lowest BCUT2D eigenvalue weighted by molar-refractivity contribution is -0.159. The van der Waals surface area contributed by atoms with Crippen LogP contribution >= 0.6 is 11.8 Å². The molecule has 1 aromatic heterocycles. The van der Waals surface area contributed by atoms with Gasteiger partial charge in [0.15, 0.2) is 0 Å². The predicted octanol–water partition coefficient (Wildman–Crippen LogP) is -0.569. The van der Waals surface area contributed by atoms with Crippen molar-refractivity contribution < 1.29 is 23.1 Å². The molecule has 0 radical (unpaired) electrons. The number of carbonyl (C=O) groups is 2. The van der Waals surface area contributed by atoms with Gasteiger partial charge in [-0.3, -0.25) is 4.79 Å². The maximum Gasteiger partial charge on any atom is 0.353 e. The maximum absolute atomic E-state index is 13.1. The lowest BCUT2D eigenvalue weighted by Crippen LogP contribution is -2.62. The standard InChI is InChI=1S/C19H29N7O5S2/c1-4-11-8-25(24-23-11)10(3)14-15-9(2)17(16(19(28)29)26(15)18(14)27)32-13-5-12(21-7-13)6-22-33(20,30)31/h8-10,12-15,21-22H,4-7H2,1-3H3,(H,28,29)(H2,20,30,31)/t9-,10-,12+,13+,14-,15-/m1/s1. The third-order valence-corrected chi connectivity index (χ3v) is 8.74. The summed E-state index contributed by atoms with van der Waals surface area (Å²) in [5, 5.41) is 26.5. The first kappa shape index (κ1) is 24.1. The number of amides is 1. The number of nitrogens with zero attached hydrogens (tertiary/aromatic N) is 4. The van der Waals surface area contributed by atoms with Gasteiger partial charge in [-0.05, 0) is 19.8 Å². The molecule has 1 aromatic rings. The minimum atomic E-state index is -3.77. The van der Waals surface area contributed by atoms with Crippen LogP contribution in [-0.4, -0.2) is 75.7 Å². The van der Waals surface area contributed by atoms with Crippen LogP contribution in [0.1, 0.15) is 38.9 Å². The third kappa shape index (κ3) is 4.54. The summed E-state index contributed by atoms with van der Waals surface area (Å²) in [4.78, 5) is 27.3. The number of aromatic nitrogens is 3. The predicted molar refractivity (Wildman–Crippen MR) is 121 cm³/mol. The highest BCUT2D eigenvalue weighted by molar-refractivity contribution is 8.03. The van der Waals surface area contributed by atoms with Crippen LogP contribution in [0.4, 0.5) is 0 Å². The minimum Gasteiger partial charge on any atom is -0.477 e. The van der Waals surface area contributed by atoms with E-state index in [0.29, 0.717) is 17.9 Å². The molecule has 3 aliphatic rings. The summed E-state index contributed by atoms with van der Waals surface area (Å²) in [6.07, 6.45) is 3.22. The number of rotatable bonds is 9. The van der Waals surface area contributed by atoms with E-state index >= 15 is 0 Å². The molecule has 0 spiro atoms. The van der Waals surface area contributed by atoms with E-state index in [0.717, 1.165) is 12.1 Å². The smallest absolute Gasteiger partial charge is 0.353 e. The highest BCUT2D eigenvalue weighted by Gasteiger charge is 2.60. The molecule has 4 heterocycles. The maximum atomic E-state index is 13.1. The molecule has 4 rings (SSSR count). The third-order valence-electron chi connectivity index (χ3n) is 6.65. The van der Waals surface area contributed by atoms with Gasteiger partial charge in [0.05, 0.1) is 23.7 Å². The van der Waals surface area contributed by atoms with Crippen LogP contribution in [0, 0.1) is 11.8 Å². The second-order valence-corrected chi connectivity index (χ2v) is 11.5. The molecular formula is C19H29N7O5S2. The lowest BCUT2D eigenvalue weighted by Gasteiger charge is -2.47. The van der Waals surface area contributed by atoms with Crippen molar-refractivity contribution in [1.82, 2.24) is 29.9 Å². The Morgan fingerprint density at radius 1 is 1.48 bits per heavy atom. The summed E-state index contributed by atoms with van der Waals surface area (Å²) >= 11 is 1.46. The molecule has 0 saturated carbocycles. The Hall–Kier alpha value is -2.00. The molecule has 12 nitrogen and oxygen atoms in total. The van der Waals surface area contributed by atoms with E-state index in [2.05, 4.69) is 20.4 Å². The van der Waals surface area contributed by atoms with Crippen LogP contribution in [0.25, 0.3) is 0 Å². The number of hydrogen-bond acceptors (Lipinski definition) is 8. The SMILES string of the molecule is CCc1cn([C@H](C)[C@H]2C(=O)N3C(C(=O)O)=C(S[C@@H]4CN[C@H](CNS(N)(=O)=O)C4)[C@H](C)[C@H]23)nn1. The second-order valence-electron chi connectivity index (χ2n) is 8.79. The summed E-state index contributed by atoms with van der Waals surface area (Å²) in [6, 6.07) is -0.585. The van der Waals surface area contributed by atoms with Crippen LogP contribution in [0.5, 0.6) is 0 Å². The van der Waals surface area contributed by atoms with Gasteiger partial charge < -0.3 is 15.3 Å². The van der Waals surface area contributed by atoms with Crippen molar-refractivity contribution in [3.8, 4) is 0 Å². The number of aryl methyl sites for hydroxylation is 1. The fourth-order valence-corrected chi connectivity index (χ4v) is 6.89. The van der Waals surface area contributed by atoms with Crippen molar-refractivity contribution in [2.24, 2.45) is 17.0 Å². The average molecular weight is 500 g/mol. The topological polar surface area (TPSA) is 173 Å². The van der Waals surface area contributed by atoms with E-state index in [1.54, 1.807) is 4.68 Å². The molecule has 0 unspecified atom stereocenters. The van der Waals surface area contributed by atoms with Crippen LogP contribution in [0.3, 0.4) is 0 Å². The molecule has 2 saturated heterocycles. The van der Waals surface area contributed by atoms with Crippen molar-refractivity contribution in [1.29, 1.82) is 0 Å². The van der Waals surface area contributed by atoms with Crippen LogP contribution < -0.4 is 15.2 Å². The Balaban J connectivity index is 1.48. The molecule has 6 atom stereocenters. The number of nitrogens with one attached hydrogen (secondary N) is 2. The molecule has 0 aromatic carbocycles. The molecule has 2 fully saturated rings. The van der Waals surface area contributed by atoms with E-state index in [-0.39, 0.29) is 53.4 Å². The van der Waals surface area contributed by atoms with Crippen molar-refractivity contribution in [3.63, 3.8) is 0 Å². The summed E-state index contributed by atoms with van der Waals surface area (Å²) in [6.45, 7) is 6.62. The first-order valence-electron chi connectivity index (χ1n) is 10.9. The average Bonchev–Trinajstić information content (AvgIpc) is 3.44. The van der Waals surface area contributed by atoms with Crippen molar-refractivity contribution in [3.05, 3.63) is 22.5 Å². The number of fused-ring (bicyclic) bond motifs is 1. The van der Waals surface area contributed by atoms with Crippen molar-refractivity contribution >= 4 is 33.8 Å². The Morgan fingerprint density at radius 3 is 2.82 bits per heavy atom. The van der Waals surface area contributed by atoms with E-state index in [9.17, 15) is 23.1 Å². The fraction of sp³-hybridized carbons (Fsp3) is 0.684. The van der Waals surface area contributed by atoms with Gasteiger partial charge >= 0.3 is 5.97 Å². The van der Waals surface area contributed by atoms with Gasteiger partial charge in [-0.2, -0.15) is 8.42 Å². The molecule has 5 N–H and O–H groups in total. The number of carboxylic acid groups (broad SMARTS) is 1. The molecule has 1 amide bonds. The second kappa shape index (κ2) is 8.98. The number of aliphatic carboxylic acids is 1. The van der Waals surface area contributed by atoms with Gasteiger partial charge in [0.2, 0.25) is 5.91 Å².